The van der Waals surface area contributed by atoms with E-state index in [0.29, 0.717) is 35.9 Å². The largest absolute Gasteiger partial charge is 0.492 e. The van der Waals surface area contributed by atoms with Crippen LogP contribution in [-0.2, 0) is 9.47 Å². The first-order chi connectivity index (χ1) is 8.79. The molecule has 3 unspecified atom stereocenters. The minimum Gasteiger partial charge on any atom is -0.492 e. The van der Waals surface area contributed by atoms with E-state index in [2.05, 4.69) is 33.9 Å². The minimum absolute atomic E-state index is 0.336. The average molecular weight is 264 g/mol. The maximum absolute atomic E-state index is 6.11. The Hall–Kier alpha value is -0.760. The molecule has 19 heavy (non-hydrogen) atoms. The quantitative estimate of drug-likeness (QED) is 0.404. The summed E-state index contributed by atoms with van der Waals surface area (Å²) in [5.41, 5.74) is 1.64. The number of ether oxygens (including phenoxy) is 2. The maximum atomic E-state index is 6.11. The zero-order valence-electron chi connectivity index (χ0n) is 12.9. The Morgan fingerprint density at radius 3 is 2.37 bits per heavy atom. The molecule has 0 saturated heterocycles. The van der Waals surface area contributed by atoms with Crippen LogP contribution in [0.4, 0.5) is 0 Å². The molecular weight excluding hydrogens is 236 g/mol. The van der Waals surface area contributed by atoms with Crippen molar-refractivity contribution in [2.75, 3.05) is 13.2 Å². The molecule has 0 amide bonds. The second-order valence-corrected chi connectivity index (χ2v) is 7.02. The number of hydrogen-bond donors (Lipinski definition) is 0. The van der Waals surface area contributed by atoms with Gasteiger partial charge in [0.2, 0.25) is 0 Å². The van der Waals surface area contributed by atoms with Crippen LogP contribution in [0.5, 0.6) is 0 Å². The van der Waals surface area contributed by atoms with Gasteiger partial charge in [-0.1, -0.05) is 33.9 Å². The van der Waals surface area contributed by atoms with E-state index in [9.17, 15) is 0 Å². The third kappa shape index (κ3) is 2.35. The summed E-state index contributed by atoms with van der Waals surface area (Å²) in [6, 6.07) is 0. The zero-order chi connectivity index (χ0) is 14.3. The molecule has 0 heterocycles. The van der Waals surface area contributed by atoms with Gasteiger partial charge in [-0.05, 0) is 48.5 Å². The van der Waals surface area contributed by atoms with Crippen molar-refractivity contribution < 1.29 is 9.47 Å². The Bertz CT molecular complexity index is 383. The molecule has 2 saturated carbocycles. The second kappa shape index (κ2) is 4.97. The van der Waals surface area contributed by atoms with E-state index < -0.39 is 0 Å². The van der Waals surface area contributed by atoms with Crippen molar-refractivity contribution in [3.8, 4) is 0 Å². The zero-order valence-corrected chi connectivity index (χ0v) is 12.9. The van der Waals surface area contributed by atoms with E-state index in [0.717, 1.165) is 11.5 Å². The van der Waals surface area contributed by atoms with E-state index >= 15 is 0 Å². The van der Waals surface area contributed by atoms with Gasteiger partial charge in [0.25, 0.3) is 0 Å². The fourth-order valence-electron chi connectivity index (χ4n) is 3.86. The van der Waals surface area contributed by atoms with Crippen LogP contribution in [0.25, 0.3) is 0 Å². The van der Waals surface area contributed by atoms with E-state index in [4.69, 9.17) is 9.47 Å². The van der Waals surface area contributed by atoms with Gasteiger partial charge in [-0.15, -0.1) is 0 Å². The van der Waals surface area contributed by atoms with Gasteiger partial charge in [-0.3, -0.25) is 0 Å². The predicted octanol–water partition coefficient (Wildman–Crippen LogP) is 4.32. The lowest BCUT2D eigenvalue weighted by molar-refractivity contribution is -0.0585. The molecule has 2 aliphatic rings. The molecule has 2 bridgehead atoms. The third-order valence-electron chi connectivity index (χ3n) is 5.87. The lowest BCUT2D eigenvalue weighted by Gasteiger charge is -2.38. The van der Waals surface area contributed by atoms with Crippen molar-refractivity contribution in [2.45, 2.75) is 53.1 Å². The average Bonchev–Trinajstić information content (AvgIpc) is 2.66. The standard InChI is InChI=1S/C17H28O2/c1-12(2)13(3)18-9-10-19-15-11-14-7-8-17(15,6)16(14,4)5/h14-15H,1,3,7-11H2,2,4-6H3. The van der Waals surface area contributed by atoms with Crippen molar-refractivity contribution >= 4 is 0 Å². The number of rotatable bonds is 6. The molecule has 2 aliphatic carbocycles. The molecule has 0 N–H and O–H groups in total. The van der Waals surface area contributed by atoms with Crippen LogP contribution in [0.3, 0.4) is 0 Å². The summed E-state index contributed by atoms with van der Waals surface area (Å²) >= 11 is 0. The summed E-state index contributed by atoms with van der Waals surface area (Å²) in [6.45, 7) is 18.0. The van der Waals surface area contributed by atoms with Crippen molar-refractivity contribution in [2.24, 2.45) is 16.7 Å². The molecule has 2 heteroatoms. The van der Waals surface area contributed by atoms with Gasteiger partial charge in [0, 0.05) is 0 Å². The van der Waals surface area contributed by atoms with Crippen LogP contribution in [-0.4, -0.2) is 19.3 Å². The molecule has 2 fully saturated rings. The van der Waals surface area contributed by atoms with Gasteiger partial charge in [-0.2, -0.15) is 0 Å². The lowest BCUT2D eigenvalue weighted by atomic mass is 9.70. The van der Waals surface area contributed by atoms with Crippen LogP contribution < -0.4 is 0 Å². The van der Waals surface area contributed by atoms with Gasteiger partial charge >= 0.3 is 0 Å². The molecule has 0 radical (unpaired) electrons. The molecular formula is C17H28O2. The Morgan fingerprint density at radius 1 is 1.21 bits per heavy atom. The first kappa shape index (κ1) is 14.6. The second-order valence-electron chi connectivity index (χ2n) is 7.02. The molecule has 0 aromatic carbocycles. The van der Waals surface area contributed by atoms with Crippen molar-refractivity contribution in [3.63, 3.8) is 0 Å². The Labute approximate surface area is 117 Å². The summed E-state index contributed by atoms with van der Waals surface area (Å²) in [6.07, 6.45) is 4.27. The van der Waals surface area contributed by atoms with Crippen molar-refractivity contribution in [1.82, 2.24) is 0 Å². The third-order valence-corrected chi connectivity index (χ3v) is 5.87. The maximum Gasteiger partial charge on any atom is 0.114 e. The Balaban J connectivity index is 1.80. The minimum atomic E-state index is 0.336. The number of allylic oxidation sites excluding steroid dienone is 1. The normalized spacial score (nSPS) is 35.4. The summed E-state index contributed by atoms with van der Waals surface area (Å²) in [5.74, 6) is 1.50. The molecule has 108 valence electrons. The van der Waals surface area contributed by atoms with Gasteiger partial charge in [0.05, 0.1) is 12.7 Å². The van der Waals surface area contributed by atoms with Gasteiger partial charge in [0.15, 0.2) is 0 Å². The van der Waals surface area contributed by atoms with E-state index in [1.54, 1.807) is 0 Å². The highest BCUT2D eigenvalue weighted by molar-refractivity contribution is 5.15. The smallest absolute Gasteiger partial charge is 0.114 e. The first-order valence-corrected chi connectivity index (χ1v) is 7.38. The molecule has 2 rings (SSSR count). The Morgan fingerprint density at radius 2 is 1.89 bits per heavy atom. The summed E-state index contributed by atoms with van der Waals surface area (Å²) in [4.78, 5) is 0. The first-order valence-electron chi connectivity index (χ1n) is 7.38. The Kier molecular flexibility index (Phi) is 3.83. The van der Waals surface area contributed by atoms with Crippen LogP contribution in [0.2, 0.25) is 0 Å². The van der Waals surface area contributed by atoms with E-state index in [-0.39, 0.29) is 0 Å². The van der Waals surface area contributed by atoms with Gasteiger partial charge < -0.3 is 9.47 Å². The van der Waals surface area contributed by atoms with Crippen LogP contribution >= 0.6 is 0 Å². The molecule has 2 nitrogen and oxygen atoms in total. The van der Waals surface area contributed by atoms with Crippen LogP contribution in [0, 0.1) is 16.7 Å². The highest BCUT2D eigenvalue weighted by Crippen LogP contribution is 2.66. The van der Waals surface area contributed by atoms with Crippen molar-refractivity contribution in [1.29, 1.82) is 0 Å². The topological polar surface area (TPSA) is 18.5 Å². The SMILES string of the molecule is C=C(C)C(=C)OCCOC1CC2CCC1(C)C2(C)C. The van der Waals surface area contributed by atoms with Crippen LogP contribution in [0.1, 0.15) is 47.0 Å². The van der Waals surface area contributed by atoms with Crippen LogP contribution in [0.15, 0.2) is 24.5 Å². The highest BCUT2D eigenvalue weighted by atomic mass is 16.5. The monoisotopic (exact) mass is 264 g/mol. The van der Waals surface area contributed by atoms with Gasteiger partial charge in [-0.25, -0.2) is 0 Å². The molecule has 0 spiro atoms. The molecule has 0 aliphatic heterocycles. The fourth-order valence-corrected chi connectivity index (χ4v) is 3.86. The molecule has 0 aromatic heterocycles. The summed E-state index contributed by atoms with van der Waals surface area (Å²) in [5, 5.41) is 0. The van der Waals surface area contributed by atoms with Gasteiger partial charge in [0.1, 0.15) is 12.4 Å². The summed E-state index contributed by atoms with van der Waals surface area (Å²) in [7, 11) is 0. The fraction of sp³-hybridized carbons (Fsp3) is 0.765. The van der Waals surface area contributed by atoms with E-state index in [1.807, 2.05) is 6.92 Å². The molecule has 3 atom stereocenters. The highest BCUT2D eigenvalue weighted by Gasteiger charge is 2.61. The lowest BCUT2D eigenvalue weighted by Crippen LogP contribution is -2.37. The van der Waals surface area contributed by atoms with Crippen molar-refractivity contribution in [3.05, 3.63) is 24.5 Å². The number of fused-ring (bicyclic) bond motifs is 2. The number of hydrogen-bond acceptors (Lipinski definition) is 2. The summed E-state index contributed by atoms with van der Waals surface area (Å²) < 4.78 is 11.6. The van der Waals surface area contributed by atoms with E-state index in [1.165, 1.54) is 19.3 Å². The molecule has 0 aromatic rings. The predicted molar refractivity (Wildman–Crippen MR) is 78.9 cm³/mol.